The molecule has 0 aromatic heterocycles. The number of hydrogen-bond acceptors (Lipinski definition) is 5. The molecule has 4 unspecified atom stereocenters. The Kier molecular flexibility index (Phi) is 51.7. The van der Waals surface area contributed by atoms with Crippen LogP contribution in [0, 0.1) is 0 Å². The zero-order valence-corrected chi connectivity index (χ0v) is 43.1. The largest absolute Gasteiger partial charge is 0.381 e. The molecule has 0 bridgehead atoms. The molecular weight excluding hydrogens is 761 g/mol. The van der Waals surface area contributed by atoms with Gasteiger partial charge in [0, 0.05) is 36.9 Å². The Labute approximate surface area is 382 Å². The summed E-state index contributed by atoms with van der Waals surface area (Å²) in [6, 6.07) is 0. The lowest BCUT2D eigenvalue weighted by molar-refractivity contribution is 0.0250. The lowest BCUT2D eigenvalue weighted by atomic mass is 10.1. The molecule has 0 N–H and O–H groups in total. The van der Waals surface area contributed by atoms with Crippen molar-refractivity contribution in [3.8, 4) is 0 Å². The standard InChI is InChI=1S/C54H110O3S2/c1-7-11-15-19-23-25-27-29-31-35-39-49-58-53(43-37-33-21-17-13-9-3)51(5)56-47-41-45-55-46-42-48-57-52(6)54(44-38-34-22-18-14-10-4)59-50-40-36-32-30-28-26-24-20-16-12-8-2/h51-54H,7-50H2,1-6H3. The van der Waals surface area contributed by atoms with E-state index in [1.807, 2.05) is 0 Å². The van der Waals surface area contributed by atoms with Gasteiger partial charge >= 0.3 is 0 Å². The maximum atomic E-state index is 6.46. The number of rotatable bonds is 52. The lowest BCUT2D eigenvalue weighted by Gasteiger charge is -2.24. The highest BCUT2D eigenvalue weighted by Crippen LogP contribution is 2.27. The third-order valence-corrected chi connectivity index (χ3v) is 15.7. The smallest absolute Gasteiger partial charge is 0.0665 e. The second-order valence-electron chi connectivity index (χ2n) is 18.5. The molecule has 0 amide bonds. The van der Waals surface area contributed by atoms with E-state index in [0.29, 0.717) is 22.7 Å². The van der Waals surface area contributed by atoms with Crippen molar-refractivity contribution < 1.29 is 14.2 Å². The number of thioether (sulfide) groups is 2. The van der Waals surface area contributed by atoms with Gasteiger partial charge in [0.25, 0.3) is 0 Å². The Morgan fingerprint density at radius 2 is 0.542 bits per heavy atom. The molecule has 3 nitrogen and oxygen atoms in total. The monoisotopic (exact) mass is 871 g/mol. The van der Waals surface area contributed by atoms with E-state index in [9.17, 15) is 0 Å². The Morgan fingerprint density at radius 1 is 0.288 bits per heavy atom. The third kappa shape index (κ3) is 45.0. The van der Waals surface area contributed by atoms with Crippen LogP contribution in [0.25, 0.3) is 0 Å². The molecule has 59 heavy (non-hydrogen) atoms. The van der Waals surface area contributed by atoms with Crippen molar-refractivity contribution in [2.24, 2.45) is 0 Å². The van der Waals surface area contributed by atoms with Gasteiger partial charge in [-0.1, -0.05) is 233 Å². The predicted octanol–water partition coefficient (Wildman–Crippen LogP) is 18.9. The minimum absolute atomic E-state index is 0.329. The fourth-order valence-corrected chi connectivity index (χ4v) is 11.1. The third-order valence-electron chi connectivity index (χ3n) is 12.5. The summed E-state index contributed by atoms with van der Waals surface area (Å²) in [5.74, 6) is 2.60. The molecule has 0 heterocycles. The summed E-state index contributed by atoms with van der Waals surface area (Å²) in [6.45, 7) is 17.1. The minimum Gasteiger partial charge on any atom is -0.381 e. The van der Waals surface area contributed by atoms with Gasteiger partial charge in [-0.05, 0) is 63.9 Å². The number of ether oxygens (including phenoxy) is 3. The number of unbranched alkanes of at least 4 members (excludes halogenated alkanes) is 30. The fraction of sp³-hybridized carbons (Fsp3) is 1.00. The molecule has 0 aromatic rings. The van der Waals surface area contributed by atoms with Crippen molar-refractivity contribution in [3.63, 3.8) is 0 Å². The van der Waals surface area contributed by atoms with Crippen molar-refractivity contribution >= 4 is 23.5 Å². The zero-order chi connectivity index (χ0) is 43.0. The summed E-state index contributed by atoms with van der Waals surface area (Å²) in [4.78, 5) is 0. The van der Waals surface area contributed by atoms with Crippen LogP contribution in [0.15, 0.2) is 0 Å². The van der Waals surface area contributed by atoms with Crippen LogP contribution in [0.1, 0.15) is 286 Å². The fourth-order valence-electron chi connectivity index (χ4n) is 8.34. The Morgan fingerprint density at radius 3 is 0.831 bits per heavy atom. The van der Waals surface area contributed by atoms with Crippen LogP contribution in [0.5, 0.6) is 0 Å². The zero-order valence-electron chi connectivity index (χ0n) is 41.5. The van der Waals surface area contributed by atoms with E-state index >= 15 is 0 Å². The van der Waals surface area contributed by atoms with Gasteiger partial charge in [0.15, 0.2) is 0 Å². The van der Waals surface area contributed by atoms with Crippen LogP contribution in [-0.2, 0) is 14.2 Å². The SMILES string of the molecule is CCCCCCCCCCCCCSC(CCCCCCCC)C(C)OCCCOCCCOC(C)C(CCCCCCCC)SCCCCCCCCCCCCC. The van der Waals surface area contributed by atoms with Crippen molar-refractivity contribution in [3.05, 3.63) is 0 Å². The summed E-state index contributed by atoms with van der Waals surface area (Å²) < 4.78 is 19.0. The molecule has 356 valence electrons. The first-order chi connectivity index (χ1) is 29.1. The molecule has 0 fully saturated rings. The summed E-state index contributed by atoms with van der Waals surface area (Å²) in [5, 5.41) is 1.26. The molecule has 0 rings (SSSR count). The molecule has 0 saturated carbocycles. The first-order valence-electron chi connectivity index (χ1n) is 27.1. The highest BCUT2D eigenvalue weighted by atomic mass is 32.2. The molecule has 0 aliphatic heterocycles. The van der Waals surface area contributed by atoms with Crippen LogP contribution in [0.4, 0.5) is 0 Å². The van der Waals surface area contributed by atoms with Crippen LogP contribution < -0.4 is 0 Å². The van der Waals surface area contributed by atoms with Crippen LogP contribution in [0.2, 0.25) is 0 Å². The summed E-state index contributed by atoms with van der Waals surface area (Å²) in [5.41, 5.74) is 0. The number of hydrogen-bond donors (Lipinski definition) is 0. The molecular formula is C54H110O3S2. The first kappa shape index (κ1) is 59.6. The van der Waals surface area contributed by atoms with E-state index in [0.717, 1.165) is 39.3 Å². The predicted molar refractivity (Wildman–Crippen MR) is 272 cm³/mol. The van der Waals surface area contributed by atoms with Gasteiger partial charge in [0.1, 0.15) is 0 Å². The quantitative estimate of drug-likeness (QED) is 0.0568. The van der Waals surface area contributed by atoms with Gasteiger partial charge in [-0.15, -0.1) is 0 Å². The molecule has 5 heteroatoms. The second kappa shape index (κ2) is 51.2. The van der Waals surface area contributed by atoms with Crippen molar-refractivity contribution in [2.75, 3.05) is 37.9 Å². The molecule has 0 aromatic carbocycles. The van der Waals surface area contributed by atoms with E-state index in [1.165, 1.54) is 243 Å². The second-order valence-corrected chi connectivity index (χ2v) is 21.2. The van der Waals surface area contributed by atoms with Gasteiger partial charge < -0.3 is 14.2 Å². The maximum absolute atomic E-state index is 6.46. The van der Waals surface area contributed by atoms with E-state index in [-0.39, 0.29) is 0 Å². The Balaban J connectivity index is 4.31. The lowest BCUT2D eigenvalue weighted by Crippen LogP contribution is -2.25. The van der Waals surface area contributed by atoms with Gasteiger partial charge in [-0.25, -0.2) is 0 Å². The Hall–Kier alpha value is 0.580. The van der Waals surface area contributed by atoms with Crippen LogP contribution in [-0.4, -0.2) is 60.6 Å². The van der Waals surface area contributed by atoms with E-state index in [4.69, 9.17) is 14.2 Å². The maximum Gasteiger partial charge on any atom is 0.0665 e. The van der Waals surface area contributed by atoms with Crippen LogP contribution >= 0.6 is 23.5 Å². The minimum atomic E-state index is 0.329. The molecule has 4 atom stereocenters. The average molecular weight is 872 g/mol. The van der Waals surface area contributed by atoms with E-state index in [2.05, 4.69) is 65.1 Å². The van der Waals surface area contributed by atoms with E-state index < -0.39 is 0 Å². The van der Waals surface area contributed by atoms with Gasteiger partial charge in [-0.2, -0.15) is 23.5 Å². The highest BCUT2D eigenvalue weighted by Gasteiger charge is 2.19. The normalized spacial score (nSPS) is 13.9. The van der Waals surface area contributed by atoms with Gasteiger partial charge in [0.05, 0.1) is 12.2 Å². The van der Waals surface area contributed by atoms with Crippen molar-refractivity contribution in [1.82, 2.24) is 0 Å². The molecule has 0 radical (unpaired) electrons. The van der Waals surface area contributed by atoms with Gasteiger partial charge in [-0.3, -0.25) is 0 Å². The van der Waals surface area contributed by atoms with Gasteiger partial charge in [0.2, 0.25) is 0 Å². The topological polar surface area (TPSA) is 27.7 Å². The van der Waals surface area contributed by atoms with Crippen LogP contribution in [0.3, 0.4) is 0 Å². The molecule has 0 saturated heterocycles. The highest BCUT2D eigenvalue weighted by molar-refractivity contribution is 8.00. The first-order valence-corrected chi connectivity index (χ1v) is 29.2. The summed E-state index contributed by atoms with van der Waals surface area (Å²) >= 11 is 4.41. The Bertz CT molecular complexity index is 693. The average Bonchev–Trinajstić information content (AvgIpc) is 3.24. The molecule has 0 aliphatic carbocycles. The summed E-state index contributed by atoms with van der Waals surface area (Å²) in [7, 11) is 0. The molecule has 0 aliphatic rings. The van der Waals surface area contributed by atoms with E-state index in [1.54, 1.807) is 0 Å². The summed E-state index contributed by atoms with van der Waals surface area (Å²) in [6.07, 6.45) is 53.1. The molecule has 0 spiro atoms. The van der Waals surface area contributed by atoms with Crippen molar-refractivity contribution in [2.45, 2.75) is 308 Å². The van der Waals surface area contributed by atoms with Crippen molar-refractivity contribution in [1.29, 1.82) is 0 Å².